The standard InChI is InChI=1S/C21H29N7O/c1-15-25-26-19(27(15)2)13-22-21(23-16-8-6-7-9-16)24-17-12-20(29)28(14-17)18-10-4-3-5-11-18/h3-5,10-11,16-17H,6-9,12-14H2,1-2H3,(H2,22,23,24). The lowest BCUT2D eigenvalue weighted by Gasteiger charge is -2.21. The zero-order valence-corrected chi connectivity index (χ0v) is 17.1. The Balaban J connectivity index is 1.45. The molecule has 0 spiro atoms. The van der Waals surface area contributed by atoms with Crippen LogP contribution in [0.25, 0.3) is 0 Å². The number of hydrogen-bond donors (Lipinski definition) is 2. The topological polar surface area (TPSA) is 87.4 Å². The van der Waals surface area contributed by atoms with Gasteiger partial charge in [0.15, 0.2) is 11.8 Å². The first-order chi connectivity index (χ1) is 14.1. The van der Waals surface area contributed by atoms with Crippen molar-refractivity contribution >= 4 is 17.6 Å². The number of nitrogens with one attached hydrogen (secondary N) is 2. The van der Waals surface area contributed by atoms with Crippen molar-refractivity contribution in [2.24, 2.45) is 12.0 Å². The summed E-state index contributed by atoms with van der Waals surface area (Å²) in [6.45, 7) is 3.01. The van der Waals surface area contributed by atoms with E-state index in [1.54, 1.807) is 0 Å². The molecular weight excluding hydrogens is 366 g/mol. The molecule has 0 bridgehead atoms. The van der Waals surface area contributed by atoms with E-state index in [1.165, 1.54) is 12.8 Å². The van der Waals surface area contributed by atoms with E-state index in [-0.39, 0.29) is 11.9 Å². The molecule has 2 aliphatic rings. The summed E-state index contributed by atoms with van der Waals surface area (Å²) in [5.41, 5.74) is 0.943. The molecule has 2 fully saturated rings. The number of guanidine groups is 1. The summed E-state index contributed by atoms with van der Waals surface area (Å²) >= 11 is 0. The van der Waals surface area contributed by atoms with E-state index in [4.69, 9.17) is 4.99 Å². The second-order valence-electron chi connectivity index (χ2n) is 7.90. The van der Waals surface area contributed by atoms with Crippen molar-refractivity contribution in [3.05, 3.63) is 42.0 Å². The van der Waals surface area contributed by atoms with Crippen molar-refractivity contribution in [2.45, 2.75) is 57.7 Å². The number of carbonyl (C=O) groups is 1. The van der Waals surface area contributed by atoms with Gasteiger partial charge in [0, 0.05) is 31.7 Å². The van der Waals surface area contributed by atoms with E-state index in [9.17, 15) is 4.79 Å². The minimum Gasteiger partial charge on any atom is -0.354 e. The van der Waals surface area contributed by atoms with E-state index in [2.05, 4.69) is 20.8 Å². The summed E-state index contributed by atoms with van der Waals surface area (Å²) < 4.78 is 1.95. The Kier molecular flexibility index (Phi) is 5.78. The molecule has 1 aromatic heterocycles. The molecule has 1 aliphatic carbocycles. The molecular formula is C21H29N7O. The van der Waals surface area contributed by atoms with Gasteiger partial charge in [-0.1, -0.05) is 31.0 Å². The molecule has 1 aliphatic heterocycles. The Bertz CT molecular complexity index is 870. The quantitative estimate of drug-likeness (QED) is 0.596. The van der Waals surface area contributed by atoms with Crippen molar-refractivity contribution in [1.29, 1.82) is 0 Å². The smallest absolute Gasteiger partial charge is 0.229 e. The van der Waals surface area contributed by atoms with E-state index in [0.29, 0.717) is 25.6 Å². The van der Waals surface area contributed by atoms with Gasteiger partial charge in [-0.05, 0) is 31.9 Å². The predicted octanol–water partition coefficient (Wildman–Crippen LogP) is 1.91. The van der Waals surface area contributed by atoms with Crippen LogP contribution in [0.5, 0.6) is 0 Å². The minimum absolute atomic E-state index is 0.0246. The van der Waals surface area contributed by atoms with Gasteiger partial charge in [0.25, 0.3) is 0 Å². The first-order valence-corrected chi connectivity index (χ1v) is 10.4. The molecule has 1 saturated carbocycles. The average Bonchev–Trinajstić information content (AvgIpc) is 3.44. The molecule has 2 aromatic rings. The van der Waals surface area contributed by atoms with Crippen molar-refractivity contribution in [1.82, 2.24) is 25.4 Å². The van der Waals surface area contributed by atoms with Gasteiger partial charge in [-0.2, -0.15) is 0 Å². The zero-order valence-electron chi connectivity index (χ0n) is 17.1. The molecule has 2 heterocycles. The Morgan fingerprint density at radius 3 is 2.55 bits per heavy atom. The average molecular weight is 396 g/mol. The fraction of sp³-hybridized carbons (Fsp3) is 0.524. The second-order valence-corrected chi connectivity index (χ2v) is 7.90. The summed E-state index contributed by atoms with van der Waals surface area (Å²) in [4.78, 5) is 19.1. The predicted molar refractivity (Wildman–Crippen MR) is 113 cm³/mol. The normalized spacial score (nSPS) is 20.5. The SMILES string of the molecule is Cc1nnc(CN=C(NC2CCCC2)NC2CC(=O)N(c3ccccc3)C2)n1C. The Labute approximate surface area is 171 Å². The first-order valence-electron chi connectivity index (χ1n) is 10.4. The third kappa shape index (κ3) is 4.58. The van der Waals surface area contributed by atoms with Crippen molar-refractivity contribution in [3.8, 4) is 0 Å². The van der Waals surface area contributed by atoms with Crippen LogP contribution in [0.15, 0.2) is 35.3 Å². The van der Waals surface area contributed by atoms with Crippen LogP contribution >= 0.6 is 0 Å². The maximum absolute atomic E-state index is 12.5. The summed E-state index contributed by atoms with van der Waals surface area (Å²) in [5.74, 6) is 2.58. The largest absolute Gasteiger partial charge is 0.354 e. The van der Waals surface area contributed by atoms with Gasteiger partial charge in [-0.25, -0.2) is 4.99 Å². The lowest BCUT2D eigenvalue weighted by Crippen LogP contribution is -2.47. The van der Waals surface area contributed by atoms with E-state index < -0.39 is 0 Å². The van der Waals surface area contributed by atoms with Crippen LogP contribution in [-0.4, -0.2) is 45.3 Å². The molecule has 4 rings (SSSR count). The van der Waals surface area contributed by atoms with Gasteiger partial charge in [0.2, 0.25) is 5.91 Å². The maximum Gasteiger partial charge on any atom is 0.229 e. The van der Waals surface area contributed by atoms with Crippen LogP contribution in [0.3, 0.4) is 0 Å². The third-order valence-corrected chi connectivity index (χ3v) is 5.79. The van der Waals surface area contributed by atoms with Gasteiger partial charge in [-0.3, -0.25) is 4.79 Å². The Hall–Kier alpha value is -2.90. The first kappa shape index (κ1) is 19.4. The number of aliphatic imine (C=N–C) groups is 1. The monoisotopic (exact) mass is 395 g/mol. The number of nitrogens with zero attached hydrogens (tertiary/aromatic N) is 5. The third-order valence-electron chi connectivity index (χ3n) is 5.79. The molecule has 0 radical (unpaired) electrons. The molecule has 1 atom stereocenters. The van der Waals surface area contributed by atoms with Crippen LogP contribution in [0.2, 0.25) is 0 Å². The van der Waals surface area contributed by atoms with Crippen molar-refractivity contribution < 1.29 is 4.79 Å². The molecule has 29 heavy (non-hydrogen) atoms. The van der Waals surface area contributed by atoms with E-state index >= 15 is 0 Å². The van der Waals surface area contributed by atoms with Gasteiger partial charge in [0.1, 0.15) is 12.4 Å². The number of para-hydroxylation sites is 1. The van der Waals surface area contributed by atoms with Gasteiger partial charge < -0.3 is 20.1 Å². The highest BCUT2D eigenvalue weighted by atomic mass is 16.2. The number of carbonyl (C=O) groups excluding carboxylic acids is 1. The number of rotatable bonds is 5. The van der Waals surface area contributed by atoms with E-state index in [1.807, 2.05) is 53.8 Å². The molecule has 154 valence electrons. The highest BCUT2D eigenvalue weighted by molar-refractivity contribution is 5.97. The fourth-order valence-corrected chi connectivity index (χ4v) is 3.99. The highest BCUT2D eigenvalue weighted by Gasteiger charge is 2.31. The second kappa shape index (κ2) is 8.63. The molecule has 1 saturated heterocycles. The van der Waals surface area contributed by atoms with Crippen molar-refractivity contribution in [2.75, 3.05) is 11.4 Å². The number of anilines is 1. The lowest BCUT2D eigenvalue weighted by atomic mass is 10.2. The molecule has 2 N–H and O–H groups in total. The molecule has 1 unspecified atom stereocenters. The number of aryl methyl sites for hydroxylation is 1. The summed E-state index contributed by atoms with van der Waals surface area (Å²) in [6.07, 6.45) is 5.27. The number of aromatic nitrogens is 3. The van der Waals surface area contributed by atoms with Gasteiger partial charge in [0.05, 0.1) is 6.04 Å². The molecule has 1 aromatic carbocycles. The number of hydrogen-bond acceptors (Lipinski definition) is 4. The lowest BCUT2D eigenvalue weighted by molar-refractivity contribution is -0.117. The molecule has 8 heteroatoms. The zero-order chi connectivity index (χ0) is 20.2. The molecule has 1 amide bonds. The summed E-state index contributed by atoms with van der Waals surface area (Å²) in [6, 6.07) is 10.3. The highest BCUT2D eigenvalue weighted by Crippen LogP contribution is 2.21. The summed E-state index contributed by atoms with van der Waals surface area (Å²) in [5, 5.41) is 15.4. The molecule has 8 nitrogen and oxygen atoms in total. The van der Waals surface area contributed by atoms with Crippen LogP contribution in [0.1, 0.15) is 43.8 Å². The van der Waals surface area contributed by atoms with Gasteiger partial charge >= 0.3 is 0 Å². The van der Waals surface area contributed by atoms with Gasteiger partial charge in [-0.15, -0.1) is 10.2 Å². The van der Waals surface area contributed by atoms with E-state index in [0.717, 1.165) is 36.1 Å². The van der Waals surface area contributed by atoms with Crippen LogP contribution < -0.4 is 15.5 Å². The maximum atomic E-state index is 12.5. The minimum atomic E-state index is 0.0246. The summed E-state index contributed by atoms with van der Waals surface area (Å²) in [7, 11) is 1.95. The Morgan fingerprint density at radius 2 is 1.86 bits per heavy atom. The number of amides is 1. The van der Waals surface area contributed by atoms with Crippen LogP contribution in [0.4, 0.5) is 5.69 Å². The fourth-order valence-electron chi connectivity index (χ4n) is 3.99. The van der Waals surface area contributed by atoms with Crippen molar-refractivity contribution in [3.63, 3.8) is 0 Å². The van der Waals surface area contributed by atoms with Crippen LogP contribution in [0, 0.1) is 6.92 Å². The van der Waals surface area contributed by atoms with Crippen LogP contribution in [-0.2, 0) is 18.4 Å². The number of benzene rings is 1. The Morgan fingerprint density at radius 1 is 1.14 bits per heavy atom.